The fraction of sp³-hybridized carbons (Fsp3) is 0.867. The van der Waals surface area contributed by atoms with Crippen molar-refractivity contribution in [3.05, 3.63) is 0 Å². The molecule has 20 heavy (non-hydrogen) atoms. The van der Waals surface area contributed by atoms with E-state index in [0.717, 1.165) is 12.5 Å². The number of carbonyl (C=O) groups excluding carboxylic acids is 1. The van der Waals surface area contributed by atoms with E-state index < -0.39 is 0 Å². The first-order valence-corrected chi connectivity index (χ1v) is 8.25. The van der Waals surface area contributed by atoms with E-state index in [9.17, 15) is 4.79 Å². The minimum atomic E-state index is 0.200. The SMILES string of the molecule is CN(CCC(N)=S)C(=O)CN1CCCC1C1CCCC1. The number of thiocarbonyl (C=S) groups is 1. The summed E-state index contributed by atoms with van der Waals surface area (Å²) < 4.78 is 0. The van der Waals surface area contributed by atoms with Gasteiger partial charge in [0.2, 0.25) is 5.91 Å². The Kier molecular flexibility index (Phi) is 5.78. The largest absolute Gasteiger partial charge is 0.393 e. The monoisotopic (exact) mass is 297 g/mol. The molecule has 0 bridgehead atoms. The van der Waals surface area contributed by atoms with Crippen molar-refractivity contribution in [2.75, 3.05) is 26.7 Å². The second kappa shape index (κ2) is 7.36. The van der Waals surface area contributed by atoms with Gasteiger partial charge in [0, 0.05) is 26.1 Å². The van der Waals surface area contributed by atoms with Gasteiger partial charge in [-0.05, 0) is 38.1 Å². The molecule has 1 saturated carbocycles. The lowest BCUT2D eigenvalue weighted by molar-refractivity contribution is -0.131. The average molecular weight is 297 g/mol. The maximum Gasteiger partial charge on any atom is 0.236 e. The highest BCUT2D eigenvalue weighted by Crippen LogP contribution is 2.35. The predicted molar refractivity (Wildman–Crippen MR) is 85.6 cm³/mol. The van der Waals surface area contributed by atoms with Crippen LogP contribution in [0.15, 0.2) is 0 Å². The second-order valence-electron chi connectivity index (χ2n) is 6.26. The third kappa shape index (κ3) is 4.16. The summed E-state index contributed by atoms with van der Waals surface area (Å²) >= 11 is 4.86. The van der Waals surface area contributed by atoms with Gasteiger partial charge in [0.15, 0.2) is 0 Å². The van der Waals surface area contributed by atoms with Crippen molar-refractivity contribution in [3.63, 3.8) is 0 Å². The lowest BCUT2D eigenvalue weighted by Crippen LogP contribution is -2.43. The van der Waals surface area contributed by atoms with Gasteiger partial charge in [0.1, 0.15) is 0 Å². The summed E-state index contributed by atoms with van der Waals surface area (Å²) in [7, 11) is 1.85. The van der Waals surface area contributed by atoms with Crippen molar-refractivity contribution in [2.24, 2.45) is 11.7 Å². The molecule has 1 unspecified atom stereocenters. The first-order valence-electron chi connectivity index (χ1n) is 7.84. The zero-order valence-corrected chi connectivity index (χ0v) is 13.3. The van der Waals surface area contributed by atoms with Gasteiger partial charge in [-0.3, -0.25) is 9.69 Å². The van der Waals surface area contributed by atoms with E-state index in [2.05, 4.69) is 4.90 Å². The Labute approximate surface area is 127 Å². The minimum absolute atomic E-state index is 0.200. The number of rotatable bonds is 6. The van der Waals surface area contributed by atoms with Gasteiger partial charge in [0.05, 0.1) is 11.5 Å². The first kappa shape index (κ1) is 15.7. The van der Waals surface area contributed by atoms with Crippen LogP contribution in [0, 0.1) is 5.92 Å². The van der Waals surface area contributed by atoms with E-state index in [4.69, 9.17) is 18.0 Å². The zero-order chi connectivity index (χ0) is 14.5. The summed E-state index contributed by atoms with van der Waals surface area (Å²) in [6, 6.07) is 0.644. The van der Waals surface area contributed by atoms with Crippen molar-refractivity contribution in [1.29, 1.82) is 0 Å². The Morgan fingerprint density at radius 2 is 2.00 bits per heavy atom. The summed E-state index contributed by atoms with van der Waals surface area (Å²) in [4.78, 5) is 16.9. The number of carbonyl (C=O) groups is 1. The van der Waals surface area contributed by atoms with E-state index in [1.807, 2.05) is 7.05 Å². The molecule has 1 aliphatic heterocycles. The van der Waals surface area contributed by atoms with Crippen LogP contribution in [-0.2, 0) is 4.79 Å². The molecule has 5 heteroatoms. The van der Waals surface area contributed by atoms with Crippen LogP contribution in [0.4, 0.5) is 0 Å². The van der Waals surface area contributed by atoms with Crippen LogP contribution in [0.1, 0.15) is 44.9 Å². The van der Waals surface area contributed by atoms with E-state index >= 15 is 0 Å². The molecule has 2 aliphatic rings. The minimum Gasteiger partial charge on any atom is -0.393 e. The lowest BCUT2D eigenvalue weighted by Gasteiger charge is -2.30. The van der Waals surface area contributed by atoms with Crippen LogP contribution in [0.5, 0.6) is 0 Å². The van der Waals surface area contributed by atoms with Gasteiger partial charge in [-0.15, -0.1) is 0 Å². The van der Waals surface area contributed by atoms with Gasteiger partial charge >= 0.3 is 0 Å². The summed E-state index contributed by atoms with van der Waals surface area (Å²) in [6.45, 7) is 2.28. The van der Waals surface area contributed by atoms with Crippen LogP contribution in [0.25, 0.3) is 0 Å². The molecule has 0 aromatic carbocycles. The van der Waals surface area contributed by atoms with E-state index in [1.165, 1.54) is 38.5 Å². The second-order valence-corrected chi connectivity index (χ2v) is 6.78. The molecule has 2 fully saturated rings. The topological polar surface area (TPSA) is 49.6 Å². The summed E-state index contributed by atoms with van der Waals surface area (Å²) in [5, 5.41) is 0. The normalized spacial score (nSPS) is 24.1. The quantitative estimate of drug-likeness (QED) is 0.759. The average Bonchev–Trinajstić information content (AvgIpc) is 3.05. The van der Waals surface area contributed by atoms with E-state index in [0.29, 0.717) is 30.5 Å². The molecule has 4 nitrogen and oxygen atoms in total. The molecular weight excluding hydrogens is 270 g/mol. The van der Waals surface area contributed by atoms with Crippen LogP contribution < -0.4 is 5.73 Å². The van der Waals surface area contributed by atoms with Gasteiger partial charge in [-0.25, -0.2) is 0 Å². The van der Waals surface area contributed by atoms with Gasteiger partial charge < -0.3 is 10.6 Å². The number of hydrogen-bond acceptors (Lipinski definition) is 3. The molecule has 0 aromatic rings. The van der Waals surface area contributed by atoms with Gasteiger partial charge in [0.25, 0.3) is 0 Å². The molecule has 0 spiro atoms. The molecule has 2 rings (SSSR count). The Morgan fingerprint density at radius 3 is 2.65 bits per heavy atom. The van der Waals surface area contributed by atoms with Gasteiger partial charge in [-0.1, -0.05) is 25.1 Å². The molecule has 0 aromatic heterocycles. The molecule has 1 heterocycles. The molecule has 2 N–H and O–H groups in total. The first-order chi connectivity index (χ1) is 9.58. The molecule has 114 valence electrons. The number of nitrogens with two attached hydrogens (primary N) is 1. The van der Waals surface area contributed by atoms with Crippen LogP contribution in [0.3, 0.4) is 0 Å². The van der Waals surface area contributed by atoms with Crippen LogP contribution in [-0.4, -0.2) is 53.4 Å². The van der Waals surface area contributed by atoms with Crippen molar-refractivity contribution in [2.45, 2.75) is 51.0 Å². The standard InChI is InChI=1S/C15H27N3OS/c1-17(10-8-14(16)20)15(19)11-18-9-4-7-13(18)12-5-2-3-6-12/h12-13H,2-11H2,1H3,(H2,16,20). The van der Waals surface area contributed by atoms with Crippen LogP contribution >= 0.6 is 12.2 Å². The Balaban J connectivity index is 1.81. The maximum atomic E-state index is 12.3. The van der Waals surface area contributed by atoms with Gasteiger partial charge in [-0.2, -0.15) is 0 Å². The number of amides is 1. The predicted octanol–water partition coefficient (Wildman–Crippen LogP) is 1.78. The molecular formula is C15H27N3OS. The summed E-state index contributed by atoms with van der Waals surface area (Å²) in [5.41, 5.74) is 5.49. The van der Waals surface area contributed by atoms with E-state index in [-0.39, 0.29) is 5.91 Å². The number of nitrogens with zero attached hydrogens (tertiary/aromatic N) is 2. The fourth-order valence-electron chi connectivity index (χ4n) is 3.62. The van der Waals surface area contributed by atoms with Crippen molar-refractivity contribution in [1.82, 2.24) is 9.80 Å². The smallest absolute Gasteiger partial charge is 0.236 e. The number of likely N-dealkylation sites (tertiary alicyclic amines) is 1. The highest BCUT2D eigenvalue weighted by molar-refractivity contribution is 7.80. The Morgan fingerprint density at radius 1 is 1.30 bits per heavy atom. The fourth-order valence-corrected chi connectivity index (χ4v) is 3.71. The number of likely N-dealkylation sites (N-methyl/N-ethyl adjacent to an activating group) is 1. The van der Waals surface area contributed by atoms with Crippen LogP contribution in [0.2, 0.25) is 0 Å². The highest BCUT2D eigenvalue weighted by atomic mass is 32.1. The van der Waals surface area contributed by atoms with Crippen molar-refractivity contribution < 1.29 is 4.79 Å². The molecule has 1 atom stereocenters. The third-order valence-corrected chi connectivity index (χ3v) is 5.02. The van der Waals surface area contributed by atoms with E-state index in [1.54, 1.807) is 4.90 Å². The Hall–Kier alpha value is -0.680. The maximum absolute atomic E-state index is 12.3. The van der Waals surface area contributed by atoms with Crippen molar-refractivity contribution >= 4 is 23.1 Å². The highest BCUT2D eigenvalue weighted by Gasteiger charge is 2.34. The number of hydrogen-bond donors (Lipinski definition) is 1. The zero-order valence-electron chi connectivity index (χ0n) is 12.5. The molecule has 1 amide bonds. The summed E-state index contributed by atoms with van der Waals surface area (Å²) in [5.74, 6) is 1.03. The molecule has 1 aliphatic carbocycles. The lowest BCUT2D eigenvalue weighted by atomic mass is 9.96. The summed E-state index contributed by atoms with van der Waals surface area (Å²) in [6.07, 6.45) is 8.58. The molecule has 0 radical (unpaired) electrons. The Bertz CT molecular complexity index is 355. The van der Waals surface area contributed by atoms with Crippen molar-refractivity contribution in [3.8, 4) is 0 Å². The molecule has 1 saturated heterocycles. The third-order valence-electron chi connectivity index (χ3n) is 4.82.